The molecule has 1 aromatic heterocycles. The van der Waals surface area contributed by atoms with Crippen LogP contribution in [0, 0.1) is 11.8 Å². The molecule has 0 aliphatic heterocycles. The number of aliphatic imine (C=N–C) groups is 1. The number of hydrogen-bond donors (Lipinski definition) is 2. The van der Waals surface area contributed by atoms with E-state index in [1.165, 1.54) is 0 Å². The minimum atomic E-state index is -0.801. The van der Waals surface area contributed by atoms with Crippen LogP contribution in [0.15, 0.2) is 29.5 Å². The van der Waals surface area contributed by atoms with Crippen LogP contribution in [0.4, 0.5) is 0 Å². The largest absolute Gasteiger partial charge is 0.464 e. The molecule has 4 atom stereocenters. The highest BCUT2D eigenvalue weighted by Gasteiger charge is 2.31. The summed E-state index contributed by atoms with van der Waals surface area (Å²) in [5, 5.41) is 5.47. The predicted octanol–water partition coefficient (Wildman–Crippen LogP) is 2.12. The summed E-state index contributed by atoms with van der Waals surface area (Å²) >= 11 is 0. The van der Waals surface area contributed by atoms with Crippen LogP contribution >= 0.6 is 0 Å². The van der Waals surface area contributed by atoms with Gasteiger partial charge >= 0.3 is 5.97 Å². The fraction of sp³-hybridized carbons (Fsp3) is 0.591. The Bertz CT molecular complexity index is 721. The Kier molecular flexibility index (Phi) is 10.7. The van der Waals surface area contributed by atoms with E-state index < -0.39 is 30.0 Å². The molecule has 1 rings (SSSR count). The summed E-state index contributed by atoms with van der Waals surface area (Å²) < 4.78 is 4.93. The van der Waals surface area contributed by atoms with E-state index in [2.05, 4.69) is 20.6 Å². The molecule has 0 aliphatic carbocycles. The van der Waals surface area contributed by atoms with E-state index in [0.29, 0.717) is 6.42 Å². The van der Waals surface area contributed by atoms with Crippen molar-refractivity contribution >= 4 is 24.0 Å². The maximum Gasteiger partial charge on any atom is 0.328 e. The van der Waals surface area contributed by atoms with Gasteiger partial charge < -0.3 is 15.4 Å². The van der Waals surface area contributed by atoms with E-state index in [4.69, 9.17) is 4.74 Å². The Hall–Kier alpha value is -2.77. The highest BCUT2D eigenvalue weighted by atomic mass is 16.5. The molecule has 0 spiro atoms. The quantitative estimate of drug-likeness (QED) is 0.423. The van der Waals surface area contributed by atoms with Gasteiger partial charge in [0.25, 0.3) is 0 Å². The molecule has 2 N–H and O–H groups in total. The van der Waals surface area contributed by atoms with Gasteiger partial charge in [-0.25, -0.2) is 4.79 Å². The first-order valence-electron chi connectivity index (χ1n) is 10.4. The van der Waals surface area contributed by atoms with Gasteiger partial charge in [0.15, 0.2) is 0 Å². The minimum absolute atomic E-state index is 0.0722. The number of rotatable bonds is 11. The third-order valence-electron chi connectivity index (χ3n) is 4.76. The van der Waals surface area contributed by atoms with Crippen molar-refractivity contribution in [2.75, 3.05) is 6.61 Å². The summed E-state index contributed by atoms with van der Waals surface area (Å²) in [5.41, 5.74) is 0.787. The Morgan fingerprint density at radius 1 is 1.13 bits per heavy atom. The van der Waals surface area contributed by atoms with Gasteiger partial charge in [-0.2, -0.15) is 0 Å². The van der Waals surface area contributed by atoms with Gasteiger partial charge in [0.1, 0.15) is 18.1 Å². The zero-order chi connectivity index (χ0) is 22.7. The van der Waals surface area contributed by atoms with E-state index in [1.807, 2.05) is 33.8 Å². The molecule has 2 amide bonds. The molecule has 0 aromatic carbocycles. The lowest BCUT2D eigenvalue weighted by atomic mass is 9.96. The van der Waals surface area contributed by atoms with Crippen LogP contribution in [0.5, 0.6) is 0 Å². The van der Waals surface area contributed by atoms with Gasteiger partial charge in [-0.05, 0) is 31.7 Å². The average molecular weight is 419 g/mol. The summed E-state index contributed by atoms with van der Waals surface area (Å²) in [4.78, 5) is 46.0. The second-order valence-corrected chi connectivity index (χ2v) is 7.61. The number of amides is 2. The van der Waals surface area contributed by atoms with Crippen molar-refractivity contribution in [2.24, 2.45) is 16.8 Å². The number of pyridine rings is 1. The molecule has 0 fully saturated rings. The Labute approximate surface area is 178 Å². The van der Waals surface area contributed by atoms with E-state index in [-0.39, 0.29) is 24.3 Å². The average Bonchev–Trinajstić information content (AvgIpc) is 2.72. The molecule has 30 heavy (non-hydrogen) atoms. The number of hydrogen-bond acceptors (Lipinski definition) is 6. The van der Waals surface area contributed by atoms with Gasteiger partial charge in [-0.3, -0.25) is 19.6 Å². The highest BCUT2D eigenvalue weighted by molar-refractivity contribution is 5.93. The number of ether oxygens (including phenoxy) is 1. The molecule has 0 saturated carbocycles. The lowest BCUT2D eigenvalue weighted by Crippen LogP contribution is -2.55. The van der Waals surface area contributed by atoms with Crippen LogP contribution in [0.3, 0.4) is 0 Å². The van der Waals surface area contributed by atoms with E-state index in [9.17, 15) is 14.4 Å². The summed E-state index contributed by atoms with van der Waals surface area (Å²) in [6.07, 6.45) is 5.61. The first-order valence-corrected chi connectivity index (χ1v) is 10.4. The minimum Gasteiger partial charge on any atom is -0.464 e. The number of nitrogens with one attached hydrogen (secondary N) is 2. The summed E-state index contributed by atoms with van der Waals surface area (Å²) in [6.45, 7) is 11.1. The monoisotopic (exact) mass is 418 g/mol. The zero-order valence-corrected chi connectivity index (χ0v) is 18.7. The second kappa shape index (κ2) is 12.7. The Morgan fingerprint density at radius 2 is 1.83 bits per heavy atom. The van der Waals surface area contributed by atoms with Crippen molar-refractivity contribution < 1.29 is 19.1 Å². The summed E-state index contributed by atoms with van der Waals surface area (Å²) in [7, 11) is 0. The fourth-order valence-corrected chi connectivity index (χ4v) is 2.73. The van der Waals surface area contributed by atoms with Crippen molar-refractivity contribution in [2.45, 2.75) is 66.1 Å². The van der Waals surface area contributed by atoms with Gasteiger partial charge in [0, 0.05) is 24.2 Å². The number of esters is 1. The first kappa shape index (κ1) is 25.3. The first-order chi connectivity index (χ1) is 14.2. The van der Waals surface area contributed by atoms with Crippen LogP contribution < -0.4 is 10.6 Å². The van der Waals surface area contributed by atoms with E-state index in [0.717, 1.165) is 5.56 Å². The third kappa shape index (κ3) is 7.93. The lowest BCUT2D eigenvalue weighted by Gasteiger charge is -2.27. The fourth-order valence-electron chi connectivity index (χ4n) is 2.73. The van der Waals surface area contributed by atoms with Crippen LogP contribution in [0.25, 0.3) is 0 Å². The van der Waals surface area contributed by atoms with Gasteiger partial charge in [0.2, 0.25) is 11.8 Å². The zero-order valence-electron chi connectivity index (χ0n) is 18.7. The summed E-state index contributed by atoms with van der Waals surface area (Å²) in [5.74, 6) is -1.47. The van der Waals surface area contributed by atoms with Gasteiger partial charge in [-0.15, -0.1) is 0 Å². The lowest BCUT2D eigenvalue weighted by molar-refractivity contribution is -0.147. The molecular weight excluding hydrogens is 384 g/mol. The smallest absolute Gasteiger partial charge is 0.328 e. The van der Waals surface area contributed by atoms with Crippen LogP contribution in [0.2, 0.25) is 0 Å². The topological polar surface area (TPSA) is 110 Å². The highest BCUT2D eigenvalue weighted by Crippen LogP contribution is 2.12. The summed E-state index contributed by atoms with van der Waals surface area (Å²) in [6, 6.07) is 1.39. The third-order valence-corrected chi connectivity index (χ3v) is 4.76. The number of aromatic nitrogens is 1. The standard InChI is InChI=1S/C22H34N4O4/c1-7-15(5)19(21(28)25-16(6)22(29)30-8-2)26-20(27)18(14(3)4)24-13-17-10-9-11-23-12-17/h9-16,18-19H,7-8H2,1-6H3,(H,25,28)(H,26,27)/t15?,16-,18-,19-/m0/s1. The molecule has 1 unspecified atom stereocenters. The molecule has 1 heterocycles. The van der Waals surface area contributed by atoms with Crippen molar-refractivity contribution in [3.05, 3.63) is 30.1 Å². The number of carbonyl (C=O) groups is 3. The number of nitrogens with zero attached hydrogens (tertiary/aromatic N) is 2. The molecular formula is C22H34N4O4. The van der Waals surface area contributed by atoms with Crippen LogP contribution in [0.1, 0.15) is 53.5 Å². The Morgan fingerprint density at radius 3 is 2.37 bits per heavy atom. The van der Waals surface area contributed by atoms with Crippen molar-refractivity contribution in [1.82, 2.24) is 15.6 Å². The SMILES string of the molecule is CCOC(=O)[C@H](C)NC(=O)[C@@H](NC(=O)[C@@H](N=Cc1cccnc1)C(C)C)C(C)CC. The molecule has 0 saturated heterocycles. The molecule has 8 heteroatoms. The van der Waals surface area contributed by atoms with Crippen molar-refractivity contribution in [1.29, 1.82) is 0 Å². The maximum atomic E-state index is 13.0. The molecule has 0 radical (unpaired) electrons. The maximum absolute atomic E-state index is 13.0. The van der Waals surface area contributed by atoms with Gasteiger partial charge in [0.05, 0.1) is 6.61 Å². The predicted molar refractivity (Wildman–Crippen MR) is 116 cm³/mol. The molecule has 166 valence electrons. The second-order valence-electron chi connectivity index (χ2n) is 7.61. The molecule has 0 aliphatic rings. The molecule has 8 nitrogen and oxygen atoms in total. The van der Waals surface area contributed by atoms with Crippen LogP contribution in [-0.2, 0) is 19.1 Å². The molecule has 1 aromatic rings. The normalized spacial score (nSPS) is 15.3. The van der Waals surface area contributed by atoms with Crippen molar-refractivity contribution in [3.63, 3.8) is 0 Å². The van der Waals surface area contributed by atoms with E-state index >= 15 is 0 Å². The van der Waals surface area contributed by atoms with Gasteiger partial charge in [-0.1, -0.05) is 40.2 Å². The molecule has 0 bridgehead atoms. The number of carbonyl (C=O) groups excluding carboxylic acids is 3. The van der Waals surface area contributed by atoms with Crippen molar-refractivity contribution in [3.8, 4) is 0 Å². The Balaban J connectivity index is 2.92. The van der Waals surface area contributed by atoms with E-state index in [1.54, 1.807) is 38.5 Å². The van der Waals surface area contributed by atoms with Crippen LogP contribution in [-0.4, -0.2) is 53.7 Å².